The van der Waals surface area contributed by atoms with E-state index in [1.54, 1.807) is 0 Å². The lowest BCUT2D eigenvalue weighted by atomic mass is 10.0. The van der Waals surface area contributed by atoms with Crippen LogP contribution in [0.1, 0.15) is 24.8 Å². The van der Waals surface area contributed by atoms with E-state index in [2.05, 4.69) is 9.88 Å². The maximum atomic E-state index is 10.7. The highest BCUT2D eigenvalue weighted by Gasteiger charge is 2.24. The first kappa shape index (κ1) is 12.8. The van der Waals surface area contributed by atoms with E-state index in [9.17, 15) is 15.2 Å². The van der Waals surface area contributed by atoms with Crippen molar-refractivity contribution in [2.75, 3.05) is 18.1 Å². The van der Waals surface area contributed by atoms with Gasteiger partial charge in [0.1, 0.15) is 12.0 Å². The van der Waals surface area contributed by atoms with Gasteiger partial charge < -0.3 is 10.0 Å². The molecule has 1 aromatic rings. The Balaban J connectivity index is 2.29. The highest BCUT2D eigenvalue weighted by molar-refractivity contribution is 5.51. The van der Waals surface area contributed by atoms with Crippen LogP contribution < -0.4 is 4.90 Å². The van der Waals surface area contributed by atoms with E-state index >= 15 is 0 Å². The van der Waals surface area contributed by atoms with Crippen LogP contribution >= 0.6 is 0 Å². The first-order valence-electron chi connectivity index (χ1n) is 6.12. The second kappa shape index (κ2) is 5.30. The van der Waals surface area contributed by atoms with E-state index in [4.69, 9.17) is 0 Å². The average molecular weight is 251 g/mol. The lowest BCUT2D eigenvalue weighted by Crippen LogP contribution is -2.42. The number of anilines is 1. The second-order valence-corrected chi connectivity index (χ2v) is 4.62. The van der Waals surface area contributed by atoms with Crippen LogP contribution in [0, 0.1) is 17.0 Å². The number of piperidine rings is 1. The number of aliphatic hydroxyl groups excluding tert-OH is 1. The fourth-order valence-corrected chi connectivity index (χ4v) is 2.42. The highest BCUT2D eigenvalue weighted by atomic mass is 16.6. The van der Waals surface area contributed by atoms with Crippen molar-refractivity contribution in [1.82, 2.24) is 4.98 Å². The number of aliphatic hydroxyl groups is 1. The number of hydrogen-bond donors (Lipinski definition) is 1. The first-order chi connectivity index (χ1) is 8.63. The molecule has 6 nitrogen and oxygen atoms in total. The maximum Gasteiger partial charge on any atom is 0.287 e. The molecule has 1 aromatic heterocycles. The van der Waals surface area contributed by atoms with Gasteiger partial charge in [-0.3, -0.25) is 10.1 Å². The Labute approximate surface area is 105 Å². The van der Waals surface area contributed by atoms with Gasteiger partial charge in [-0.15, -0.1) is 0 Å². The third-order valence-electron chi connectivity index (χ3n) is 3.36. The van der Waals surface area contributed by atoms with Crippen LogP contribution in [0.5, 0.6) is 0 Å². The van der Waals surface area contributed by atoms with E-state index in [0.29, 0.717) is 0 Å². The molecule has 0 amide bonds. The molecule has 2 heterocycles. The van der Waals surface area contributed by atoms with Crippen LogP contribution in [0.4, 0.5) is 11.5 Å². The van der Waals surface area contributed by atoms with Crippen molar-refractivity contribution in [3.63, 3.8) is 0 Å². The summed E-state index contributed by atoms with van der Waals surface area (Å²) in [5.41, 5.74) is 0.790. The van der Waals surface area contributed by atoms with Crippen molar-refractivity contribution < 1.29 is 10.0 Å². The Kier molecular flexibility index (Phi) is 3.76. The zero-order chi connectivity index (χ0) is 13.1. The number of rotatable bonds is 3. The average Bonchev–Trinajstić information content (AvgIpc) is 2.38. The Morgan fingerprint density at radius 1 is 1.61 bits per heavy atom. The third-order valence-corrected chi connectivity index (χ3v) is 3.36. The Morgan fingerprint density at radius 2 is 2.39 bits per heavy atom. The van der Waals surface area contributed by atoms with Crippen molar-refractivity contribution in [2.45, 2.75) is 32.2 Å². The van der Waals surface area contributed by atoms with Gasteiger partial charge >= 0.3 is 0 Å². The summed E-state index contributed by atoms with van der Waals surface area (Å²) in [7, 11) is 0. The predicted molar refractivity (Wildman–Crippen MR) is 67.7 cm³/mol. The molecule has 0 spiro atoms. The smallest absolute Gasteiger partial charge is 0.287 e. The summed E-state index contributed by atoms with van der Waals surface area (Å²) in [6, 6.07) is 1.61. The zero-order valence-electron chi connectivity index (χ0n) is 10.4. The molecule has 1 aliphatic heterocycles. The molecule has 1 fully saturated rings. The molecule has 1 N–H and O–H groups in total. The predicted octanol–water partition coefficient (Wildman–Crippen LogP) is 1.65. The summed E-state index contributed by atoms with van der Waals surface area (Å²) in [5.74, 6) is 0.749. The lowest BCUT2D eigenvalue weighted by molar-refractivity contribution is -0.385. The first-order valence-corrected chi connectivity index (χ1v) is 6.12. The minimum Gasteiger partial charge on any atom is -0.394 e. The SMILES string of the molecule is Cc1cc([N+](=O)[O-])cnc1N1CCCCC1CO. The van der Waals surface area contributed by atoms with Crippen LogP contribution in [-0.2, 0) is 0 Å². The van der Waals surface area contributed by atoms with Crippen LogP contribution in [0.25, 0.3) is 0 Å². The fraction of sp³-hybridized carbons (Fsp3) is 0.583. The molecule has 1 aliphatic rings. The number of hydrogen-bond acceptors (Lipinski definition) is 5. The largest absolute Gasteiger partial charge is 0.394 e. The van der Waals surface area contributed by atoms with E-state index in [-0.39, 0.29) is 18.3 Å². The third kappa shape index (κ3) is 2.43. The molecule has 2 rings (SSSR count). The van der Waals surface area contributed by atoms with Crippen molar-refractivity contribution in [1.29, 1.82) is 0 Å². The summed E-state index contributed by atoms with van der Waals surface area (Å²) < 4.78 is 0. The van der Waals surface area contributed by atoms with Gasteiger partial charge in [0.25, 0.3) is 5.69 Å². The molecule has 0 saturated carbocycles. The quantitative estimate of drug-likeness (QED) is 0.652. The van der Waals surface area contributed by atoms with Gasteiger partial charge in [0.05, 0.1) is 17.6 Å². The molecular weight excluding hydrogens is 234 g/mol. The molecule has 6 heteroatoms. The minimum absolute atomic E-state index is 0.00816. The van der Waals surface area contributed by atoms with Gasteiger partial charge in [-0.25, -0.2) is 4.98 Å². The molecular formula is C12H17N3O3. The van der Waals surface area contributed by atoms with Gasteiger partial charge in [-0.1, -0.05) is 0 Å². The second-order valence-electron chi connectivity index (χ2n) is 4.62. The van der Waals surface area contributed by atoms with Crippen LogP contribution in [0.3, 0.4) is 0 Å². The van der Waals surface area contributed by atoms with E-state index in [1.165, 1.54) is 12.3 Å². The van der Waals surface area contributed by atoms with Gasteiger partial charge in [0, 0.05) is 12.6 Å². The molecule has 1 atom stereocenters. The monoisotopic (exact) mass is 251 g/mol. The molecule has 0 bridgehead atoms. The molecule has 18 heavy (non-hydrogen) atoms. The summed E-state index contributed by atoms with van der Waals surface area (Å²) in [6.07, 6.45) is 4.39. The van der Waals surface area contributed by atoms with Gasteiger partial charge in [-0.05, 0) is 31.7 Å². The molecule has 1 saturated heterocycles. The van der Waals surface area contributed by atoms with Gasteiger partial charge in [-0.2, -0.15) is 0 Å². The molecule has 98 valence electrons. The number of nitrogens with zero attached hydrogens (tertiary/aromatic N) is 3. The van der Waals surface area contributed by atoms with Crippen molar-refractivity contribution in [3.8, 4) is 0 Å². The van der Waals surface area contributed by atoms with Crippen LogP contribution in [0.15, 0.2) is 12.3 Å². The topological polar surface area (TPSA) is 79.5 Å². The summed E-state index contributed by atoms with van der Waals surface area (Å²) >= 11 is 0. The molecule has 1 unspecified atom stereocenters. The van der Waals surface area contributed by atoms with Crippen LogP contribution in [0.2, 0.25) is 0 Å². The summed E-state index contributed by atoms with van der Waals surface area (Å²) in [5, 5.41) is 20.1. The Hall–Kier alpha value is -1.69. The molecule has 0 radical (unpaired) electrons. The summed E-state index contributed by atoms with van der Waals surface area (Å²) in [6.45, 7) is 2.76. The zero-order valence-corrected chi connectivity index (χ0v) is 10.4. The fourth-order valence-electron chi connectivity index (χ4n) is 2.42. The summed E-state index contributed by atoms with van der Waals surface area (Å²) in [4.78, 5) is 16.5. The number of nitro groups is 1. The van der Waals surface area contributed by atoms with Gasteiger partial charge in [0.15, 0.2) is 0 Å². The van der Waals surface area contributed by atoms with E-state index in [0.717, 1.165) is 37.2 Å². The Morgan fingerprint density at radius 3 is 3.00 bits per heavy atom. The number of aryl methyl sites for hydroxylation is 1. The lowest BCUT2D eigenvalue weighted by Gasteiger charge is -2.36. The molecule has 0 aromatic carbocycles. The van der Waals surface area contributed by atoms with Crippen LogP contribution in [-0.4, -0.2) is 34.2 Å². The number of pyridine rings is 1. The van der Waals surface area contributed by atoms with Crippen molar-refractivity contribution in [2.24, 2.45) is 0 Å². The van der Waals surface area contributed by atoms with E-state index in [1.807, 2.05) is 6.92 Å². The maximum absolute atomic E-state index is 10.7. The van der Waals surface area contributed by atoms with Crippen molar-refractivity contribution in [3.05, 3.63) is 27.9 Å². The minimum atomic E-state index is -0.441. The normalized spacial score (nSPS) is 19.9. The highest BCUT2D eigenvalue weighted by Crippen LogP contribution is 2.27. The van der Waals surface area contributed by atoms with Crippen molar-refractivity contribution >= 4 is 11.5 Å². The standard InChI is InChI=1S/C12H17N3O3/c1-9-6-11(15(17)18)7-13-12(9)14-5-3-2-4-10(14)8-16/h6-7,10,16H,2-5,8H2,1H3. The number of aromatic nitrogens is 1. The van der Waals surface area contributed by atoms with E-state index < -0.39 is 4.92 Å². The Bertz CT molecular complexity index is 450. The molecule has 0 aliphatic carbocycles. The van der Waals surface area contributed by atoms with Gasteiger partial charge in [0.2, 0.25) is 0 Å².